The number of anilines is 1. The molecule has 0 unspecified atom stereocenters. The van der Waals surface area contributed by atoms with Crippen molar-refractivity contribution in [2.24, 2.45) is 0 Å². The van der Waals surface area contributed by atoms with Crippen molar-refractivity contribution in [3.63, 3.8) is 0 Å². The van der Waals surface area contributed by atoms with E-state index in [1.54, 1.807) is 29.8 Å². The summed E-state index contributed by atoms with van der Waals surface area (Å²) in [5.74, 6) is 1.63. The van der Waals surface area contributed by atoms with Gasteiger partial charge in [0.1, 0.15) is 17.3 Å². The molecule has 27 heavy (non-hydrogen) atoms. The Hall–Kier alpha value is -2.35. The molecule has 138 valence electrons. The Morgan fingerprint density at radius 2 is 1.96 bits per heavy atom. The van der Waals surface area contributed by atoms with Gasteiger partial charge in [-0.1, -0.05) is 30.3 Å². The van der Waals surface area contributed by atoms with Crippen LogP contribution >= 0.6 is 22.7 Å². The third kappa shape index (κ3) is 3.71. The highest BCUT2D eigenvalue weighted by Gasteiger charge is 2.18. The minimum Gasteiger partial charge on any atom is -0.377 e. The number of thiophene rings is 1. The van der Waals surface area contributed by atoms with E-state index in [0.717, 1.165) is 27.6 Å². The zero-order valence-corrected chi connectivity index (χ0v) is 17.1. The zero-order chi connectivity index (χ0) is 18.8. The van der Waals surface area contributed by atoms with Crippen LogP contribution < -0.4 is 4.90 Å². The number of methoxy groups -OCH3 is 1. The summed E-state index contributed by atoms with van der Waals surface area (Å²) >= 11 is 3.36. The Balaban J connectivity index is 1.83. The van der Waals surface area contributed by atoms with Gasteiger partial charge in [0.05, 0.1) is 16.9 Å². The Morgan fingerprint density at radius 1 is 1.15 bits per heavy atom. The first kappa shape index (κ1) is 18.0. The molecule has 0 aliphatic rings. The van der Waals surface area contributed by atoms with Crippen molar-refractivity contribution in [1.82, 2.24) is 15.0 Å². The fraction of sp³-hybridized carbons (Fsp3) is 0.250. The summed E-state index contributed by atoms with van der Waals surface area (Å²) in [5, 5.41) is 4.33. The van der Waals surface area contributed by atoms with Crippen molar-refractivity contribution in [3.8, 4) is 11.1 Å². The van der Waals surface area contributed by atoms with Crippen molar-refractivity contribution >= 4 is 38.7 Å². The molecular weight excluding hydrogens is 376 g/mol. The lowest BCUT2D eigenvalue weighted by Gasteiger charge is -2.19. The molecule has 1 aromatic carbocycles. The Labute approximate surface area is 166 Å². The Kier molecular flexibility index (Phi) is 5.15. The largest absolute Gasteiger partial charge is 0.377 e. The van der Waals surface area contributed by atoms with E-state index in [0.29, 0.717) is 12.4 Å². The molecule has 4 aromatic rings. The Bertz CT molecular complexity index is 1060. The fourth-order valence-corrected chi connectivity index (χ4v) is 4.86. The maximum absolute atomic E-state index is 5.28. The molecule has 3 aromatic heterocycles. The van der Waals surface area contributed by atoms with Crippen LogP contribution in [0.1, 0.15) is 15.7 Å². The van der Waals surface area contributed by atoms with Crippen molar-refractivity contribution in [2.45, 2.75) is 20.1 Å². The van der Waals surface area contributed by atoms with Crippen molar-refractivity contribution in [3.05, 3.63) is 57.6 Å². The minimum atomic E-state index is 0.398. The second-order valence-electron chi connectivity index (χ2n) is 6.29. The second kappa shape index (κ2) is 7.72. The Morgan fingerprint density at radius 3 is 2.67 bits per heavy atom. The maximum Gasteiger partial charge on any atom is 0.158 e. The molecule has 3 heterocycles. The van der Waals surface area contributed by atoms with Gasteiger partial charge < -0.3 is 9.64 Å². The molecule has 0 atom stereocenters. The van der Waals surface area contributed by atoms with Crippen molar-refractivity contribution in [2.75, 3.05) is 19.1 Å². The highest BCUT2D eigenvalue weighted by atomic mass is 32.1. The van der Waals surface area contributed by atoms with E-state index in [1.165, 1.54) is 16.0 Å². The first-order valence-corrected chi connectivity index (χ1v) is 10.3. The molecule has 0 aliphatic heterocycles. The van der Waals surface area contributed by atoms with Gasteiger partial charge >= 0.3 is 0 Å². The number of rotatable bonds is 6. The molecule has 0 saturated carbocycles. The normalized spacial score (nSPS) is 11.2. The van der Waals surface area contributed by atoms with E-state index in [4.69, 9.17) is 14.7 Å². The average Bonchev–Trinajstić information content (AvgIpc) is 3.28. The zero-order valence-electron chi connectivity index (χ0n) is 15.5. The average molecular weight is 397 g/mol. The van der Waals surface area contributed by atoms with Crippen LogP contribution in [-0.2, 0) is 17.9 Å². The molecular formula is C20H20N4OS2. The summed E-state index contributed by atoms with van der Waals surface area (Å²) in [7, 11) is 3.74. The van der Waals surface area contributed by atoms with Gasteiger partial charge in [-0.3, -0.25) is 0 Å². The van der Waals surface area contributed by atoms with E-state index < -0.39 is 0 Å². The number of benzene rings is 1. The molecule has 0 spiro atoms. The molecule has 0 amide bonds. The second-order valence-corrected chi connectivity index (χ2v) is 8.47. The number of hydrogen-bond donors (Lipinski definition) is 0. The number of aromatic nitrogens is 3. The molecule has 0 bridgehead atoms. The van der Waals surface area contributed by atoms with Crippen molar-refractivity contribution < 1.29 is 4.74 Å². The van der Waals surface area contributed by atoms with E-state index in [2.05, 4.69) is 46.6 Å². The topological polar surface area (TPSA) is 51.1 Å². The summed E-state index contributed by atoms with van der Waals surface area (Å²) in [6, 6.07) is 10.4. The first-order valence-electron chi connectivity index (χ1n) is 8.60. The molecule has 0 N–H and O–H groups in total. The molecule has 0 fully saturated rings. The molecule has 0 saturated heterocycles. The monoisotopic (exact) mass is 396 g/mol. The quantitative estimate of drug-likeness (QED) is 0.464. The number of ether oxygens (including phenoxy) is 1. The summed E-state index contributed by atoms with van der Waals surface area (Å²) in [4.78, 5) is 18.3. The highest BCUT2D eigenvalue weighted by molar-refractivity contribution is 7.17. The van der Waals surface area contributed by atoms with Gasteiger partial charge in [-0.05, 0) is 12.5 Å². The third-order valence-electron chi connectivity index (χ3n) is 4.24. The fourth-order valence-electron chi connectivity index (χ4n) is 3.05. The van der Waals surface area contributed by atoms with E-state index in [9.17, 15) is 0 Å². The van der Waals surface area contributed by atoms with Crippen LogP contribution in [0.15, 0.2) is 41.9 Å². The number of aryl methyl sites for hydroxylation is 1. The number of fused-ring (bicyclic) bond motifs is 1. The van der Waals surface area contributed by atoms with Crippen LogP contribution in [0.2, 0.25) is 0 Å². The standard InChI is InChI=1S/C20H20N4OS2/c1-13-21-9-15(27-13)10-24(2)19-18-16(14-7-5-4-6-8-14)12-26-20(18)23-17(22-19)11-25-3/h4-9,12H,10-11H2,1-3H3. The third-order valence-corrected chi connectivity index (χ3v) is 6.01. The van der Waals surface area contributed by atoms with E-state index in [-0.39, 0.29) is 0 Å². The van der Waals surface area contributed by atoms with Crippen molar-refractivity contribution in [1.29, 1.82) is 0 Å². The lowest BCUT2D eigenvalue weighted by Crippen LogP contribution is -2.18. The predicted molar refractivity (Wildman–Crippen MR) is 113 cm³/mol. The highest BCUT2D eigenvalue weighted by Crippen LogP contribution is 2.38. The predicted octanol–water partition coefficient (Wildman–Crippen LogP) is 4.91. The first-order chi connectivity index (χ1) is 13.2. The van der Waals surface area contributed by atoms with E-state index in [1.807, 2.05) is 19.2 Å². The smallest absolute Gasteiger partial charge is 0.158 e. The van der Waals surface area contributed by atoms with Gasteiger partial charge in [0, 0.05) is 36.2 Å². The maximum atomic E-state index is 5.28. The van der Waals surface area contributed by atoms with Gasteiger partial charge in [-0.2, -0.15) is 0 Å². The molecule has 5 nitrogen and oxygen atoms in total. The minimum absolute atomic E-state index is 0.398. The molecule has 0 aliphatic carbocycles. The molecule has 7 heteroatoms. The van der Waals surface area contributed by atoms with E-state index >= 15 is 0 Å². The van der Waals surface area contributed by atoms with Crippen LogP contribution in [-0.4, -0.2) is 29.1 Å². The van der Waals surface area contributed by atoms with Gasteiger partial charge in [0.15, 0.2) is 5.82 Å². The van der Waals surface area contributed by atoms with Gasteiger partial charge in [-0.15, -0.1) is 22.7 Å². The van der Waals surface area contributed by atoms with Crippen LogP contribution in [0.3, 0.4) is 0 Å². The van der Waals surface area contributed by atoms with Crippen LogP contribution in [0, 0.1) is 6.92 Å². The summed E-state index contributed by atoms with van der Waals surface area (Å²) in [6.45, 7) is 3.18. The number of hydrogen-bond acceptors (Lipinski definition) is 7. The lowest BCUT2D eigenvalue weighted by atomic mass is 10.1. The SMILES string of the molecule is COCc1nc(N(C)Cc2cnc(C)s2)c2c(-c3ccccc3)csc2n1. The molecule has 4 rings (SSSR count). The van der Waals surface area contributed by atoms with Crippen LogP contribution in [0.5, 0.6) is 0 Å². The van der Waals surface area contributed by atoms with Gasteiger partial charge in [0.2, 0.25) is 0 Å². The van der Waals surface area contributed by atoms with Crippen LogP contribution in [0.4, 0.5) is 5.82 Å². The summed E-state index contributed by atoms with van der Waals surface area (Å²) in [6.07, 6.45) is 1.94. The number of thiazole rings is 1. The summed E-state index contributed by atoms with van der Waals surface area (Å²) in [5.41, 5.74) is 2.34. The number of nitrogens with zero attached hydrogens (tertiary/aromatic N) is 4. The lowest BCUT2D eigenvalue weighted by molar-refractivity contribution is 0.178. The van der Waals surface area contributed by atoms with Gasteiger partial charge in [-0.25, -0.2) is 15.0 Å². The van der Waals surface area contributed by atoms with Crippen LogP contribution in [0.25, 0.3) is 21.3 Å². The summed E-state index contributed by atoms with van der Waals surface area (Å²) < 4.78 is 5.28. The van der Waals surface area contributed by atoms with Gasteiger partial charge in [0.25, 0.3) is 0 Å². The molecule has 0 radical (unpaired) electrons.